The van der Waals surface area contributed by atoms with Gasteiger partial charge in [-0.25, -0.2) is 4.98 Å². The van der Waals surface area contributed by atoms with E-state index in [1.165, 1.54) is 17.7 Å². The molecular weight excluding hydrogens is 296 g/mol. The van der Waals surface area contributed by atoms with Crippen molar-refractivity contribution in [3.63, 3.8) is 0 Å². The Morgan fingerprint density at radius 1 is 1.27 bits per heavy atom. The van der Waals surface area contributed by atoms with Gasteiger partial charge < -0.3 is 9.84 Å². The molecule has 1 N–H and O–H groups in total. The van der Waals surface area contributed by atoms with Gasteiger partial charge in [0, 0.05) is 16.6 Å². The Balaban J connectivity index is 1.56. The molecule has 1 atom stereocenters. The van der Waals surface area contributed by atoms with Gasteiger partial charge in [-0.05, 0) is 43.0 Å². The van der Waals surface area contributed by atoms with Crippen LogP contribution in [0.3, 0.4) is 0 Å². The standard InChI is InChI=1S/C16H16N4OS/c1-10-9-17-15(22-10)13(11-7-8-11)18-16-19-14(21-20-16)12-5-3-2-4-6-12/h2-6,9,11,13H,7-8H2,1H3,(H,18,20). The highest BCUT2D eigenvalue weighted by molar-refractivity contribution is 7.11. The van der Waals surface area contributed by atoms with Crippen LogP contribution in [0.15, 0.2) is 41.1 Å². The molecule has 0 spiro atoms. The first-order valence-electron chi connectivity index (χ1n) is 7.37. The van der Waals surface area contributed by atoms with E-state index in [1.807, 2.05) is 36.5 Å². The summed E-state index contributed by atoms with van der Waals surface area (Å²) >= 11 is 1.73. The lowest BCUT2D eigenvalue weighted by atomic mass is 10.2. The molecule has 1 unspecified atom stereocenters. The second-order valence-electron chi connectivity index (χ2n) is 5.56. The van der Waals surface area contributed by atoms with Crippen LogP contribution in [-0.2, 0) is 0 Å². The Hall–Kier alpha value is -2.21. The summed E-state index contributed by atoms with van der Waals surface area (Å²) in [4.78, 5) is 10.2. The Morgan fingerprint density at radius 3 is 2.77 bits per heavy atom. The number of anilines is 1. The molecule has 4 rings (SSSR count). The fraction of sp³-hybridized carbons (Fsp3) is 0.312. The van der Waals surface area contributed by atoms with Gasteiger partial charge in [0.2, 0.25) is 0 Å². The molecular formula is C16H16N4OS. The summed E-state index contributed by atoms with van der Waals surface area (Å²) in [5, 5.41) is 8.55. The third-order valence-corrected chi connectivity index (χ3v) is 4.73. The topological polar surface area (TPSA) is 63.8 Å². The quantitative estimate of drug-likeness (QED) is 0.769. The first-order valence-corrected chi connectivity index (χ1v) is 8.19. The van der Waals surface area contributed by atoms with E-state index in [2.05, 4.69) is 27.4 Å². The molecule has 1 aromatic carbocycles. The highest BCUT2D eigenvalue weighted by Gasteiger charge is 2.35. The molecule has 0 radical (unpaired) electrons. The minimum Gasteiger partial charge on any atom is -0.342 e. The van der Waals surface area contributed by atoms with Crippen LogP contribution >= 0.6 is 11.3 Å². The normalized spacial score (nSPS) is 15.7. The predicted octanol–water partition coefficient (Wildman–Crippen LogP) is 4.06. The zero-order valence-corrected chi connectivity index (χ0v) is 13.0. The van der Waals surface area contributed by atoms with Gasteiger partial charge >= 0.3 is 0 Å². The summed E-state index contributed by atoms with van der Waals surface area (Å²) in [5.41, 5.74) is 0.927. The molecule has 1 fully saturated rings. The van der Waals surface area contributed by atoms with E-state index in [1.54, 1.807) is 11.3 Å². The number of thiazole rings is 1. The van der Waals surface area contributed by atoms with Crippen LogP contribution in [0, 0.1) is 12.8 Å². The third-order valence-electron chi connectivity index (χ3n) is 3.73. The summed E-state index contributed by atoms with van der Waals surface area (Å²) in [7, 11) is 0. The van der Waals surface area contributed by atoms with Crippen LogP contribution in [0.1, 0.15) is 28.8 Å². The molecule has 1 saturated carbocycles. The molecule has 0 amide bonds. The van der Waals surface area contributed by atoms with Gasteiger partial charge in [0.25, 0.3) is 11.8 Å². The fourth-order valence-electron chi connectivity index (χ4n) is 2.45. The number of nitrogens with one attached hydrogen (secondary N) is 1. The van der Waals surface area contributed by atoms with Gasteiger partial charge in [-0.15, -0.1) is 11.3 Å². The Bertz CT molecular complexity index is 763. The van der Waals surface area contributed by atoms with E-state index in [-0.39, 0.29) is 6.04 Å². The lowest BCUT2D eigenvalue weighted by molar-refractivity contribution is 0.431. The van der Waals surface area contributed by atoms with Crippen LogP contribution in [0.5, 0.6) is 0 Å². The second kappa shape index (κ2) is 5.53. The maximum Gasteiger partial charge on any atom is 0.264 e. The first kappa shape index (κ1) is 13.5. The molecule has 0 aliphatic heterocycles. The molecule has 112 valence electrons. The average molecular weight is 312 g/mol. The zero-order chi connectivity index (χ0) is 14.9. The Morgan fingerprint density at radius 2 is 2.09 bits per heavy atom. The largest absolute Gasteiger partial charge is 0.342 e. The first-order chi connectivity index (χ1) is 10.8. The van der Waals surface area contributed by atoms with Crippen LogP contribution in [0.4, 0.5) is 5.95 Å². The van der Waals surface area contributed by atoms with Crippen molar-refractivity contribution in [3.05, 3.63) is 46.4 Å². The molecule has 2 heterocycles. The predicted molar refractivity (Wildman–Crippen MR) is 85.7 cm³/mol. The van der Waals surface area contributed by atoms with Crippen LogP contribution < -0.4 is 5.32 Å². The molecule has 5 nitrogen and oxygen atoms in total. The molecule has 1 aliphatic carbocycles. The van der Waals surface area contributed by atoms with Crippen molar-refractivity contribution in [2.45, 2.75) is 25.8 Å². The number of aromatic nitrogens is 3. The fourth-order valence-corrected chi connectivity index (χ4v) is 3.36. The summed E-state index contributed by atoms with van der Waals surface area (Å²) in [5.74, 6) is 1.68. The van der Waals surface area contributed by atoms with Crippen molar-refractivity contribution < 1.29 is 4.52 Å². The van der Waals surface area contributed by atoms with Crippen molar-refractivity contribution >= 4 is 17.3 Å². The highest BCUT2D eigenvalue weighted by atomic mass is 32.1. The van der Waals surface area contributed by atoms with E-state index >= 15 is 0 Å². The van der Waals surface area contributed by atoms with Gasteiger partial charge in [0.1, 0.15) is 5.01 Å². The van der Waals surface area contributed by atoms with Gasteiger partial charge in [0.15, 0.2) is 0 Å². The lowest BCUT2D eigenvalue weighted by Crippen LogP contribution is -2.13. The van der Waals surface area contributed by atoms with E-state index in [9.17, 15) is 0 Å². The maximum absolute atomic E-state index is 5.35. The molecule has 22 heavy (non-hydrogen) atoms. The number of hydrogen-bond acceptors (Lipinski definition) is 6. The van der Waals surface area contributed by atoms with E-state index in [4.69, 9.17) is 4.52 Å². The van der Waals surface area contributed by atoms with E-state index in [0.29, 0.717) is 17.8 Å². The highest BCUT2D eigenvalue weighted by Crippen LogP contribution is 2.43. The number of benzene rings is 1. The molecule has 6 heteroatoms. The maximum atomic E-state index is 5.35. The van der Waals surface area contributed by atoms with Crippen LogP contribution in [-0.4, -0.2) is 15.1 Å². The summed E-state index contributed by atoms with van der Waals surface area (Å²) in [6, 6.07) is 9.97. The Labute approximate surface area is 132 Å². The molecule has 1 aliphatic rings. The Kier molecular flexibility index (Phi) is 3.38. The molecule has 0 saturated heterocycles. The van der Waals surface area contributed by atoms with Gasteiger partial charge in [-0.3, -0.25) is 0 Å². The van der Waals surface area contributed by atoms with Crippen molar-refractivity contribution in [1.82, 2.24) is 15.1 Å². The summed E-state index contributed by atoms with van der Waals surface area (Å²) in [6.07, 6.45) is 4.36. The molecule has 3 aromatic rings. The SMILES string of the molecule is Cc1cnc(C(Nc2noc(-c3ccccc3)n2)C2CC2)s1. The van der Waals surface area contributed by atoms with Crippen molar-refractivity contribution in [2.75, 3.05) is 5.32 Å². The summed E-state index contributed by atoms with van der Waals surface area (Å²) < 4.78 is 5.35. The summed E-state index contributed by atoms with van der Waals surface area (Å²) in [6.45, 7) is 2.08. The number of nitrogens with zero attached hydrogens (tertiary/aromatic N) is 3. The molecule has 0 bridgehead atoms. The second-order valence-corrected chi connectivity index (χ2v) is 6.82. The molecule has 2 aromatic heterocycles. The zero-order valence-electron chi connectivity index (χ0n) is 12.2. The van der Waals surface area contributed by atoms with Crippen molar-refractivity contribution in [3.8, 4) is 11.5 Å². The van der Waals surface area contributed by atoms with Crippen molar-refractivity contribution in [1.29, 1.82) is 0 Å². The number of hydrogen-bond donors (Lipinski definition) is 1. The number of aryl methyl sites for hydroxylation is 1. The van der Waals surface area contributed by atoms with Gasteiger partial charge in [0.05, 0.1) is 6.04 Å². The third kappa shape index (κ3) is 2.74. The average Bonchev–Trinajstić information content (AvgIpc) is 3.12. The van der Waals surface area contributed by atoms with E-state index < -0.39 is 0 Å². The smallest absolute Gasteiger partial charge is 0.264 e. The van der Waals surface area contributed by atoms with Gasteiger partial charge in [-0.1, -0.05) is 18.2 Å². The van der Waals surface area contributed by atoms with Crippen molar-refractivity contribution in [2.24, 2.45) is 5.92 Å². The van der Waals surface area contributed by atoms with Crippen LogP contribution in [0.25, 0.3) is 11.5 Å². The van der Waals surface area contributed by atoms with Gasteiger partial charge in [-0.2, -0.15) is 4.98 Å². The lowest BCUT2D eigenvalue weighted by Gasteiger charge is -2.13. The minimum absolute atomic E-state index is 0.180. The van der Waals surface area contributed by atoms with E-state index in [0.717, 1.165) is 10.6 Å². The minimum atomic E-state index is 0.180. The monoisotopic (exact) mass is 312 g/mol. The van der Waals surface area contributed by atoms with Crippen LogP contribution in [0.2, 0.25) is 0 Å². The number of rotatable bonds is 5.